The van der Waals surface area contributed by atoms with Gasteiger partial charge in [-0.1, -0.05) is 18.2 Å². The predicted octanol–water partition coefficient (Wildman–Crippen LogP) is 1.38. The fourth-order valence-corrected chi connectivity index (χ4v) is 3.54. The fraction of sp³-hybridized carbons (Fsp3) is 0.389. The molecule has 7 heteroatoms. The molecule has 2 aromatic rings. The summed E-state index contributed by atoms with van der Waals surface area (Å²) in [6.45, 7) is 1.22. The van der Waals surface area contributed by atoms with Crippen molar-refractivity contribution in [2.75, 3.05) is 20.2 Å². The highest BCUT2D eigenvalue weighted by Gasteiger charge is 2.45. The van der Waals surface area contributed by atoms with Crippen LogP contribution in [0.3, 0.4) is 0 Å². The van der Waals surface area contributed by atoms with Crippen LogP contribution in [0.2, 0.25) is 0 Å². The van der Waals surface area contributed by atoms with E-state index in [0.29, 0.717) is 31.0 Å². The Kier molecular flexibility index (Phi) is 3.71. The summed E-state index contributed by atoms with van der Waals surface area (Å²) in [5.41, 5.74) is 1.09. The molecule has 2 amide bonds. The first kappa shape index (κ1) is 15.7. The normalized spacial score (nSPS) is 18.6. The van der Waals surface area contributed by atoms with Crippen LogP contribution >= 0.6 is 0 Å². The average Bonchev–Trinajstić information content (AvgIpc) is 3.06. The highest BCUT2D eigenvalue weighted by atomic mass is 16.5. The van der Waals surface area contributed by atoms with Gasteiger partial charge in [-0.2, -0.15) is 5.10 Å². The van der Waals surface area contributed by atoms with Gasteiger partial charge in [0.1, 0.15) is 0 Å². The number of piperidine rings is 1. The summed E-state index contributed by atoms with van der Waals surface area (Å²) in [7, 11) is 1.54. The van der Waals surface area contributed by atoms with Crippen LogP contribution in [0.15, 0.2) is 36.5 Å². The smallest absolute Gasteiger partial charge is 0.278 e. The number of para-hydroxylation sites is 1. The first-order chi connectivity index (χ1) is 12.1. The number of nitrogens with zero attached hydrogens (tertiary/aromatic N) is 3. The minimum absolute atomic E-state index is 0.0959. The summed E-state index contributed by atoms with van der Waals surface area (Å²) < 4.78 is 7.02. The molecule has 0 radical (unpaired) electrons. The minimum atomic E-state index is -0.132. The van der Waals surface area contributed by atoms with Crippen molar-refractivity contribution in [3.63, 3.8) is 0 Å². The zero-order valence-corrected chi connectivity index (χ0v) is 14.1. The highest BCUT2D eigenvalue weighted by molar-refractivity contribution is 5.95. The van der Waals surface area contributed by atoms with E-state index in [0.717, 1.165) is 18.5 Å². The molecule has 0 unspecified atom stereocenters. The van der Waals surface area contributed by atoms with E-state index >= 15 is 0 Å². The van der Waals surface area contributed by atoms with Gasteiger partial charge in [0.25, 0.3) is 5.91 Å². The van der Waals surface area contributed by atoms with E-state index < -0.39 is 0 Å². The standard InChI is InChI=1S/C18H20N4O3/c1-25-14-12-22(13-5-3-2-4-6-13)20-16(14)17(24)21-9-7-18(8-10-21)11-15(23)19-18/h2-6,12H,7-11H2,1H3,(H,19,23). The number of aromatic nitrogens is 2. The fourth-order valence-electron chi connectivity index (χ4n) is 3.54. The van der Waals surface area contributed by atoms with E-state index in [1.807, 2.05) is 30.3 Å². The molecule has 130 valence electrons. The van der Waals surface area contributed by atoms with Crippen LogP contribution in [0.5, 0.6) is 5.75 Å². The SMILES string of the molecule is COc1cn(-c2ccccc2)nc1C(=O)N1CCC2(CC1)CC(=O)N2. The second-order valence-corrected chi connectivity index (χ2v) is 6.62. The summed E-state index contributed by atoms with van der Waals surface area (Å²) in [5.74, 6) is 0.432. The highest BCUT2D eigenvalue weighted by Crippen LogP contribution is 2.33. The first-order valence-electron chi connectivity index (χ1n) is 8.40. The van der Waals surface area contributed by atoms with Gasteiger partial charge in [-0.25, -0.2) is 4.68 Å². The molecule has 0 saturated carbocycles. The topological polar surface area (TPSA) is 76.5 Å². The van der Waals surface area contributed by atoms with Crippen LogP contribution in [0.25, 0.3) is 5.69 Å². The van der Waals surface area contributed by atoms with E-state index in [1.165, 1.54) is 7.11 Å². The Morgan fingerprint density at radius 1 is 1.24 bits per heavy atom. The van der Waals surface area contributed by atoms with Crippen molar-refractivity contribution in [1.29, 1.82) is 0 Å². The van der Waals surface area contributed by atoms with Gasteiger partial charge in [0.05, 0.1) is 24.5 Å². The number of methoxy groups -OCH3 is 1. The van der Waals surface area contributed by atoms with Crippen molar-refractivity contribution >= 4 is 11.8 Å². The van der Waals surface area contributed by atoms with Crippen LogP contribution in [-0.4, -0.2) is 52.2 Å². The zero-order valence-electron chi connectivity index (χ0n) is 14.1. The van der Waals surface area contributed by atoms with Gasteiger partial charge < -0.3 is 15.0 Å². The van der Waals surface area contributed by atoms with Crippen LogP contribution in [0.1, 0.15) is 29.8 Å². The summed E-state index contributed by atoms with van der Waals surface area (Å²) >= 11 is 0. The molecule has 7 nitrogen and oxygen atoms in total. The van der Waals surface area contributed by atoms with Gasteiger partial charge in [0.2, 0.25) is 5.91 Å². The lowest BCUT2D eigenvalue weighted by molar-refractivity contribution is -0.134. The second kappa shape index (κ2) is 5.91. The first-order valence-corrected chi connectivity index (χ1v) is 8.40. The molecule has 2 aliphatic rings. The van der Waals surface area contributed by atoms with E-state index in [1.54, 1.807) is 15.8 Å². The number of hydrogen-bond donors (Lipinski definition) is 1. The Morgan fingerprint density at radius 2 is 1.92 bits per heavy atom. The monoisotopic (exact) mass is 340 g/mol. The van der Waals surface area contributed by atoms with E-state index in [9.17, 15) is 9.59 Å². The molecule has 1 spiro atoms. The summed E-state index contributed by atoms with van der Waals surface area (Å²) in [5, 5.41) is 7.42. The molecule has 1 aromatic carbocycles. The Hall–Kier alpha value is -2.83. The van der Waals surface area contributed by atoms with E-state index in [4.69, 9.17) is 4.74 Å². The number of benzene rings is 1. The van der Waals surface area contributed by atoms with Gasteiger partial charge >= 0.3 is 0 Å². The van der Waals surface area contributed by atoms with Crippen molar-refractivity contribution in [3.05, 3.63) is 42.2 Å². The molecular weight excluding hydrogens is 320 g/mol. The molecule has 1 N–H and O–H groups in total. The van der Waals surface area contributed by atoms with Gasteiger partial charge in [-0.3, -0.25) is 9.59 Å². The van der Waals surface area contributed by atoms with Crippen LogP contribution in [0, 0.1) is 0 Å². The number of β-lactam (4-membered cyclic amide) rings is 1. The maximum absolute atomic E-state index is 12.9. The molecule has 4 rings (SSSR count). The Labute approximate surface area is 145 Å². The lowest BCUT2D eigenvalue weighted by Crippen LogP contribution is -2.65. The molecule has 0 bridgehead atoms. The zero-order chi connectivity index (χ0) is 17.4. The van der Waals surface area contributed by atoms with Crippen molar-refractivity contribution in [2.45, 2.75) is 24.8 Å². The molecule has 1 aromatic heterocycles. The summed E-state index contributed by atoms with van der Waals surface area (Å²) in [4.78, 5) is 25.9. The van der Waals surface area contributed by atoms with Gasteiger partial charge in [0, 0.05) is 19.5 Å². The third kappa shape index (κ3) is 2.75. The van der Waals surface area contributed by atoms with Crippen LogP contribution < -0.4 is 10.1 Å². The van der Waals surface area contributed by atoms with E-state index in [-0.39, 0.29) is 17.4 Å². The number of carbonyl (C=O) groups excluding carboxylic acids is 2. The molecule has 2 fully saturated rings. The lowest BCUT2D eigenvalue weighted by atomic mass is 9.78. The Bertz CT molecular complexity index is 797. The number of carbonyl (C=O) groups is 2. The molecule has 3 heterocycles. The third-order valence-electron chi connectivity index (χ3n) is 5.04. The van der Waals surface area contributed by atoms with Gasteiger partial charge in [-0.15, -0.1) is 0 Å². The third-order valence-corrected chi connectivity index (χ3v) is 5.04. The minimum Gasteiger partial charge on any atom is -0.493 e. The summed E-state index contributed by atoms with van der Waals surface area (Å²) in [6, 6.07) is 9.61. The molecule has 2 aliphatic heterocycles. The van der Waals surface area contributed by atoms with Gasteiger partial charge in [0.15, 0.2) is 11.4 Å². The van der Waals surface area contributed by atoms with Crippen LogP contribution in [0.4, 0.5) is 0 Å². The lowest BCUT2D eigenvalue weighted by Gasteiger charge is -2.47. The van der Waals surface area contributed by atoms with Crippen LogP contribution in [-0.2, 0) is 4.79 Å². The quantitative estimate of drug-likeness (QED) is 0.857. The molecule has 0 atom stereocenters. The predicted molar refractivity (Wildman–Crippen MR) is 90.7 cm³/mol. The van der Waals surface area contributed by atoms with Crippen molar-refractivity contribution in [3.8, 4) is 11.4 Å². The van der Waals surface area contributed by atoms with Gasteiger partial charge in [-0.05, 0) is 25.0 Å². The maximum Gasteiger partial charge on any atom is 0.278 e. The average molecular weight is 340 g/mol. The van der Waals surface area contributed by atoms with E-state index in [2.05, 4.69) is 10.4 Å². The number of likely N-dealkylation sites (tertiary alicyclic amines) is 1. The summed E-state index contributed by atoms with van der Waals surface area (Å²) in [6.07, 6.45) is 3.86. The van der Waals surface area contributed by atoms with Crippen molar-refractivity contribution in [2.24, 2.45) is 0 Å². The number of nitrogens with one attached hydrogen (secondary N) is 1. The number of ether oxygens (including phenoxy) is 1. The molecule has 25 heavy (non-hydrogen) atoms. The second-order valence-electron chi connectivity index (χ2n) is 6.62. The number of amides is 2. The largest absolute Gasteiger partial charge is 0.493 e. The number of rotatable bonds is 3. The number of hydrogen-bond acceptors (Lipinski definition) is 4. The maximum atomic E-state index is 12.9. The van der Waals surface area contributed by atoms with Crippen molar-refractivity contribution in [1.82, 2.24) is 20.0 Å². The Balaban J connectivity index is 1.52. The molecule has 2 saturated heterocycles. The molecule has 0 aliphatic carbocycles. The molecular formula is C18H20N4O3. The Morgan fingerprint density at radius 3 is 2.52 bits per heavy atom. The van der Waals surface area contributed by atoms with Crippen molar-refractivity contribution < 1.29 is 14.3 Å².